The number of carbonyl (C=O) groups excluding carboxylic acids is 2. The lowest BCUT2D eigenvalue weighted by Crippen LogP contribution is -2.36. The summed E-state index contributed by atoms with van der Waals surface area (Å²) in [5.74, 6) is -1.23. The molecule has 74 valence electrons. The molecular weight excluding hydrogens is 202 g/mol. The van der Waals surface area contributed by atoms with E-state index in [0.717, 1.165) is 12.8 Å². The van der Waals surface area contributed by atoms with E-state index < -0.39 is 11.8 Å². The Kier molecular flexibility index (Phi) is 2.45. The topological polar surface area (TPSA) is 71.1 Å². The van der Waals surface area contributed by atoms with E-state index in [2.05, 4.69) is 15.6 Å². The third kappa shape index (κ3) is 2.29. The molecule has 2 N–H and O–H groups in total. The maximum atomic E-state index is 11.2. The average molecular weight is 211 g/mol. The molecule has 0 unspecified atom stereocenters. The molecule has 1 aromatic rings. The van der Waals surface area contributed by atoms with Crippen molar-refractivity contribution in [2.45, 2.75) is 18.9 Å². The Morgan fingerprint density at radius 1 is 1.43 bits per heavy atom. The molecule has 0 radical (unpaired) electrons. The summed E-state index contributed by atoms with van der Waals surface area (Å²) >= 11 is 1.28. The van der Waals surface area contributed by atoms with Gasteiger partial charge in [0.1, 0.15) is 0 Å². The molecule has 0 aliphatic heterocycles. The summed E-state index contributed by atoms with van der Waals surface area (Å²) in [6.07, 6.45) is 3.51. The van der Waals surface area contributed by atoms with Crippen LogP contribution in [0.2, 0.25) is 0 Å². The van der Waals surface area contributed by atoms with Crippen LogP contribution in [0, 0.1) is 0 Å². The number of thiazole rings is 1. The number of anilines is 1. The summed E-state index contributed by atoms with van der Waals surface area (Å²) in [6, 6.07) is 0.199. The van der Waals surface area contributed by atoms with Crippen LogP contribution in [0.3, 0.4) is 0 Å². The predicted molar refractivity (Wildman–Crippen MR) is 51.9 cm³/mol. The van der Waals surface area contributed by atoms with Crippen molar-refractivity contribution < 1.29 is 9.59 Å². The van der Waals surface area contributed by atoms with Crippen LogP contribution in [-0.2, 0) is 9.59 Å². The molecule has 1 heterocycles. The van der Waals surface area contributed by atoms with E-state index in [1.165, 1.54) is 11.3 Å². The normalized spacial score (nSPS) is 14.9. The molecular formula is C8H9N3O2S. The maximum absolute atomic E-state index is 11.2. The first-order valence-corrected chi connectivity index (χ1v) is 5.15. The van der Waals surface area contributed by atoms with E-state index >= 15 is 0 Å². The van der Waals surface area contributed by atoms with Crippen molar-refractivity contribution in [3.05, 3.63) is 11.6 Å². The van der Waals surface area contributed by atoms with Crippen LogP contribution in [0.25, 0.3) is 0 Å². The molecule has 0 aromatic carbocycles. The summed E-state index contributed by atoms with van der Waals surface area (Å²) in [7, 11) is 0. The summed E-state index contributed by atoms with van der Waals surface area (Å²) in [4.78, 5) is 26.2. The van der Waals surface area contributed by atoms with E-state index in [-0.39, 0.29) is 6.04 Å². The number of aromatic nitrogens is 1. The lowest BCUT2D eigenvalue weighted by Gasteiger charge is -2.01. The van der Waals surface area contributed by atoms with Crippen LogP contribution in [0.1, 0.15) is 12.8 Å². The fraction of sp³-hybridized carbons (Fsp3) is 0.375. The molecule has 0 atom stereocenters. The van der Waals surface area contributed by atoms with Gasteiger partial charge in [-0.3, -0.25) is 14.9 Å². The van der Waals surface area contributed by atoms with Crippen molar-refractivity contribution in [2.75, 3.05) is 5.32 Å². The third-order valence-electron chi connectivity index (χ3n) is 1.77. The SMILES string of the molecule is O=C(Nc1nccs1)C(=O)NC1CC1. The van der Waals surface area contributed by atoms with Gasteiger partial charge in [-0.25, -0.2) is 4.98 Å². The molecule has 1 saturated carbocycles. The minimum Gasteiger partial charge on any atom is -0.345 e. The second-order valence-corrected chi connectivity index (χ2v) is 3.93. The molecule has 5 nitrogen and oxygen atoms in total. The quantitative estimate of drug-likeness (QED) is 0.694. The fourth-order valence-corrected chi connectivity index (χ4v) is 1.44. The highest BCUT2D eigenvalue weighted by Gasteiger charge is 2.26. The number of hydrogen-bond acceptors (Lipinski definition) is 4. The Balaban J connectivity index is 1.85. The van der Waals surface area contributed by atoms with Crippen LogP contribution in [0.15, 0.2) is 11.6 Å². The lowest BCUT2D eigenvalue weighted by molar-refractivity contribution is -0.136. The summed E-state index contributed by atoms with van der Waals surface area (Å²) in [5, 5.41) is 7.18. The van der Waals surface area contributed by atoms with Gasteiger partial charge >= 0.3 is 11.8 Å². The van der Waals surface area contributed by atoms with E-state index in [9.17, 15) is 9.59 Å². The average Bonchev–Trinajstić information content (AvgIpc) is 2.81. The number of carbonyl (C=O) groups is 2. The first-order chi connectivity index (χ1) is 6.75. The highest BCUT2D eigenvalue weighted by Crippen LogP contribution is 2.18. The van der Waals surface area contributed by atoms with Gasteiger partial charge in [0.2, 0.25) is 0 Å². The van der Waals surface area contributed by atoms with E-state index in [1.807, 2.05) is 0 Å². The second-order valence-electron chi connectivity index (χ2n) is 3.04. The predicted octanol–water partition coefficient (Wildman–Crippen LogP) is 0.360. The summed E-state index contributed by atoms with van der Waals surface area (Å²) in [5.41, 5.74) is 0. The Morgan fingerprint density at radius 2 is 2.21 bits per heavy atom. The van der Waals surface area contributed by atoms with Gasteiger partial charge in [0, 0.05) is 17.6 Å². The van der Waals surface area contributed by atoms with Gasteiger partial charge in [0.05, 0.1) is 0 Å². The van der Waals surface area contributed by atoms with Crippen LogP contribution < -0.4 is 10.6 Å². The second kappa shape index (κ2) is 3.75. The van der Waals surface area contributed by atoms with Crippen molar-refractivity contribution in [1.29, 1.82) is 0 Å². The van der Waals surface area contributed by atoms with Gasteiger partial charge in [0.25, 0.3) is 0 Å². The van der Waals surface area contributed by atoms with Crippen molar-refractivity contribution in [3.8, 4) is 0 Å². The summed E-state index contributed by atoms with van der Waals surface area (Å²) in [6.45, 7) is 0. The Bertz CT molecular complexity index is 345. The monoisotopic (exact) mass is 211 g/mol. The molecule has 6 heteroatoms. The van der Waals surface area contributed by atoms with Crippen LogP contribution in [-0.4, -0.2) is 22.8 Å². The zero-order valence-corrected chi connectivity index (χ0v) is 8.13. The largest absolute Gasteiger partial charge is 0.345 e. The Labute approximate surface area is 84.5 Å². The van der Waals surface area contributed by atoms with Crippen LogP contribution in [0.5, 0.6) is 0 Å². The molecule has 1 fully saturated rings. The molecule has 0 bridgehead atoms. The van der Waals surface area contributed by atoms with Crippen LogP contribution >= 0.6 is 11.3 Å². The molecule has 0 saturated heterocycles. The lowest BCUT2D eigenvalue weighted by atomic mass is 10.5. The van der Waals surface area contributed by atoms with Crippen molar-refractivity contribution in [2.24, 2.45) is 0 Å². The molecule has 0 spiro atoms. The zero-order valence-electron chi connectivity index (χ0n) is 7.32. The Hall–Kier alpha value is -1.43. The maximum Gasteiger partial charge on any atom is 0.315 e. The van der Waals surface area contributed by atoms with Crippen molar-refractivity contribution >= 4 is 28.3 Å². The highest BCUT2D eigenvalue weighted by molar-refractivity contribution is 7.13. The van der Waals surface area contributed by atoms with E-state index in [0.29, 0.717) is 5.13 Å². The van der Waals surface area contributed by atoms with Crippen molar-refractivity contribution in [1.82, 2.24) is 10.3 Å². The first-order valence-electron chi connectivity index (χ1n) is 4.27. The van der Waals surface area contributed by atoms with Crippen LogP contribution in [0.4, 0.5) is 5.13 Å². The van der Waals surface area contributed by atoms with Gasteiger partial charge in [-0.1, -0.05) is 0 Å². The third-order valence-corrected chi connectivity index (χ3v) is 2.46. The molecule has 14 heavy (non-hydrogen) atoms. The standard InChI is InChI=1S/C8H9N3O2S/c12-6(10-5-1-2-5)7(13)11-8-9-3-4-14-8/h3-5H,1-2H2,(H,10,12)(H,9,11,13). The number of amides is 2. The van der Waals surface area contributed by atoms with Gasteiger partial charge in [-0.05, 0) is 12.8 Å². The van der Waals surface area contributed by atoms with Gasteiger partial charge in [-0.2, -0.15) is 0 Å². The van der Waals surface area contributed by atoms with Gasteiger partial charge in [0.15, 0.2) is 5.13 Å². The smallest absolute Gasteiger partial charge is 0.315 e. The van der Waals surface area contributed by atoms with E-state index in [1.54, 1.807) is 11.6 Å². The molecule has 1 aliphatic carbocycles. The van der Waals surface area contributed by atoms with Gasteiger partial charge < -0.3 is 5.32 Å². The molecule has 1 aromatic heterocycles. The number of nitrogens with one attached hydrogen (secondary N) is 2. The minimum atomic E-state index is -0.646. The molecule has 2 amide bonds. The number of rotatable bonds is 2. The highest BCUT2D eigenvalue weighted by atomic mass is 32.1. The zero-order chi connectivity index (χ0) is 9.97. The summed E-state index contributed by atoms with van der Waals surface area (Å²) < 4.78 is 0. The number of hydrogen-bond donors (Lipinski definition) is 2. The first kappa shape index (κ1) is 9.14. The molecule has 1 aliphatic rings. The van der Waals surface area contributed by atoms with Crippen molar-refractivity contribution in [3.63, 3.8) is 0 Å². The minimum absolute atomic E-state index is 0.199. The number of nitrogens with zero attached hydrogens (tertiary/aromatic N) is 1. The molecule has 2 rings (SSSR count). The van der Waals surface area contributed by atoms with E-state index in [4.69, 9.17) is 0 Å². The fourth-order valence-electron chi connectivity index (χ4n) is 0.918. The Morgan fingerprint density at radius 3 is 2.79 bits per heavy atom. The van der Waals surface area contributed by atoms with Gasteiger partial charge in [-0.15, -0.1) is 11.3 Å².